The third kappa shape index (κ3) is 3.27. The second kappa shape index (κ2) is 7.67. The van der Waals surface area contributed by atoms with Gasteiger partial charge in [-0.1, -0.05) is 24.3 Å². The van der Waals surface area contributed by atoms with Crippen LogP contribution >= 0.6 is 15.9 Å². The van der Waals surface area contributed by atoms with Crippen LogP contribution in [-0.2, 0) is 0 Å². The summed E-state index contributed by atoms with van der Waals surface area (Å²) in [5.74, 6) is 0.201. The number of nitrogens with zero attached hydrogens (tertiary/aromatic N) is 2. The van der Waals surface area contributed by atoms with Crippen LogP contribution in [0.5, 0.6) is 11.5 Å². The van der Waals surface area contributed by atoms with Crippen molar-refractivity contribution in [1.29, 1.82) is 0 Å². The highest BCUT2D eigenvalue weighted by Gasteiger charge is 2.32. The van der Waals surface area contributed by atoms with Crippen molar-refractivity contribution in [1.82, 2.24) is 5.01 Å². The molecule has 6 nitrogen and oxygen atoms in total. The van der Waals surface area contributed by atoms with Gasteiger partial charge in [0, 0.05) is 5.39 Å². The first-order valence-electron chi connectivity index (χ1n) is 9.00. The van der Waals surface area contributed by atoms with Gasteiger partial charge in [-0.05, 0) is 58.1 Å². The molecule has 2 amide bonds. The van der Waals surface area contributed by atoms with Gasteiger partial charge in [0.1, 0.15) is 0 Å². The molecule has 7 heteroatoms. The molecule has 0 aliphatic carbocycles. The Labute approximate surface area is 175 Å². The zero-order chi connectivity index (χ0) is 20.5. The molecule has 0 fully saturated rings. The maximum atomic E-state index is 12.9. The van der Waals surface area contributed by atoms with E-state index in [0.29, 0.717) is 44.7 Å². The highest BCUT2D eigenvalue weighted by Crippen LogP contribution is 2.36. The molecule has 4 rings (SSSR count). The van der Waals surface area contributed by atoms with Crippen molar-refractivity contribution < 1.29 is 19.1 Å². The number of benzene rings is 3. The molecule has 3 aromatic rings. The first kappa shape index (κ1) is 19.1. The van der Waals surface area contributed by atoms with Crippen LogP contribution < -0.4 is 9.47 Å². The summed E-state index contributed by atoms with van der Waals surface area (Å²) in [5.41, 5.74) is 1.57. The van der Waals surface area contributed by atoms with Crippen molar-refractivity contribution in [2.24, 2.45) is 5.10 Å². The summed E-state index contributed by atoms with van der Waals surface area (Å²) < 4.78 is 11.6. The molecule has 0 saturated carbocycles. The van der Waals surface area contributed by atoms with Crippen LogP contribution in [0.2, 0.25) is 0 Å². The molecule has 1 aliphatic heterocycles. The Morgan fingerprint density at radius 3 is 2.31 bits per heavy atom. The summed E-state index contributed by atoms with van der Waals surface area (Å²) in [6.45, 7) is 2.37. The molecular weight excluding hydrogens is 436 g/mol. The number of carbonyl (C=O) groups excluding carboxylic acids is 2. The lowest BCUT2D eigenvalue weighted by Gasteiger charge is -2.23. The van der Waals surface area contributed by atoms with E-state index >= 15 is 0 Å². The number of carbonyl (C=O) groups is 2. The zero-order valence-corrected chi connectivity index (χ0v) is 17.4. The number of methoxy groups -OCH3 is 1. The average molecular weight is 453 g/mol. The molecular formula is C22H17BrN2O4. The van der Waals surface area contributed by atoms with Gasteiger partial charge >= 0.3 is 0 Å². The van der Waals surface area contributed by atoms with E-state index in [2.05, 4.69) is 21.0 Å². The second-order valence-electron chi connectivity index (χ2n) is 6.34. The third-order valence-electron chi connectivity index (χ3n) is 4.61. The number of ether oxygens (including phenoxy) is 2. The van der Waals surface area contributed by atoms with Crippen molar-refractivity contribution in [2.75, 3.05) is 13.7 Å². The van der Waals surface area contributed by atoms with Crippen LogP contribution in [0.4, 0.5) is 0 Å². The fourth-order valence-electron chi connectivity index (χ4n) is 3.35. The summed E-state index contributed by atoms with van der Waals surface area (Å²) in [4.78, 5) is 25.8. The highest BCUT2D eigenvalue weighted by atomic mass is 79.9. The molecule has 3 aromatic carbocycles. The predicted molar refractivity (Wildman–Crippen MR) is 114 cm³/mol. The molecule has 0 aromatic heterocycles. The van der Waals surface area contributed by atoms with E-state index in [-0.39, 0.29) is 0 Å². The van der Waals surface area contributed by atoms with Crippen LogP contribution in [0, 0.1) is 0 Å². The maximum absolute atomic E-state index is 12.9. The summed E-state index contributed by atoms with van der Waals surface area (Å²) in [5, 5.41) is 6.60. The van der Waals surface area contributed by atoms with Crippen molar-refractivity contribution in [3.63, 3.8) is 0 Å². The Bertz CT molecular complexity index is 1120. The SMILES string of the molecule is CCOc1c(Br)cc(C=NN2C(=O)c3cccc4cccc(c34)C2=O)cc1OC. The summed E-state index contributed by atoms with van der Waals surface area (Å²) >= 11 is 3.46. The summed E-state index contributed by atoms with van der Waals surface area (Å²) in [7, 11) is 1.54. The number of amides is 2. The fraction of sp³-hybridized carbons (Fsp3) is 0.136. The Kier molecular flexibility index (Phi) is 5.07. The van der Waals surface area contributed by atoms with Crippen LogP contribution in [0.1, 0.15) is 33.2 Å². The normalized spacial score (nSPS) is 13.4. The van der Waals surface area contributed by atoms with Gasteiger partial charge in [0.2, 0.25) is 0 Å². The number of halogens is 1. The molecule has 0 saturated heterocycles. The highest BCUT2D eigenvalue weighted by molar-refractivity contribution is 9.10. The van der Waals surface area contributed by atoms with E-state index < -0.39 is 11.8 Å². The van der Waals surface area contributed by atoms with Gasteiger partial charge in [-0.3, -0.25) is 9.59 Å². The Morgan fingerprint density at radius 1 is 1.07 bits per heavy atom. The summed E-state index contributed by atoms with van der Waals surface area (Å²) in [6, 6.07) is 14.3. The van der Waals surface area contributed by atoms with Gasteiger partial charge in [-0.15, -0.1) is 0 Å². The molecule has 0 bridgehead atoms. The average Bonchev–Trinajstić information content (AvgIpc) is 2.73. The van der Waals surface area contributed by atoms with Crippen molar-refractivity contribution >= 4 is 44.7 Å². The molecule has 0 radical (unpaired) electrons. The second-order valence-corrected chi connectivity index (χ2v) is 7.20. The molecule has 0 atom stereocenters. The number of rotatable bonds is 5. The largest absolute Gasteiger partial charge is 0.493 e. The minimum atomic E-state index is -0.451. The maximum Gasteiger partial charge on any atom is 0.282 e. The van der Waals surface area contributed by atoms with Crippen LogP contribution in [0.15, 0.2) is 58.1 Å². The van der Waals surface area contributed by atoms with Crippen LogP contribution in [-0.4, -0.2) is 36.8 Å². The Morgan fingerprint density at radius 2 is 1.72 bits per heavy atom. The zero-order valence-electron chi connectivity index (χ0n) is 15.8. The molecule has 29 heavy (non-hydrogen) atoms. The smallest absolute Gasteiger partial charge is 0.282 e. The van der Waals surface area contributed by atoms with E-state index in [0.717, 1.165) is 10.4 Å². The lowest BCUT2D eigenvalue weighted by molar-refractivity contribution is 0.0616. The van der Waals surface area contributed by atoms with Gasteiger partial charge in [0.05, 0.1) is 35.5 Å². The van der Waals surface area contributed by atoms with Gasteiger partial charge in [-0.2, -0.15) is 10.1 Å². The fourth-order valence-corrected chi connectivity index (χ4v) is 3.92. The lowest BCUT2D eigenvalue weighted by atomic mass is 9.95. The van der Waals surface area contributed by atoms with Gasteiger partial charge in [0.25, 0.3) is 11.8 Å². The number of hydrogen-bond acceptors (Lipinski definition) is 5. The lowest BCUT2D eigenvalue weighted by Crippen LogP contribution is -2.36. The van der Waals surface area contributed by atoms with E-state index in [1.54, 1.807) is 43.5 Å². The molecule has 0 spiro atoms. The standard InChI is InChI=1S/C22H17BrN2O4/c1-3-29-20-17(23)10-13(11-18(20)28-2)12-24-25-21(26)15-8-4-6-14-7-5-9-16(19(14)15)22(25)27/h4-12H,3H2,1-2H3. The topological polar surface area (TPSA) is 68.2 Å². The Balaban J connectivity index is 1.72. The van der Waals surface area contributed by atoms with Crippen LogP contribution in [0.25, 0.3) is 10.8 Å². The first-order valence-corrected chi connectivity index (χ1v) is 9.79. The molecule has 146 valence electrons. The quantitative estimate of drug-likeness (QED) is 0.417. The molecule has 1 heterocycles. The van der Waals surface area contributed by atoms with Crippen molar-refractivity contribution in [2.45, 2.75) is 6.92 Å². The number of hydrazone groups is 1. The van der Waals surface area contributed by atoms with Gasteiger partial charge in [-0.25, -0.2) is 0 Å². The third-order valence-corrected chi connectivity index (χ3v) is 5.20. The van der Waals surface area contributed by atoms with E-state index in [9.17, 15) is 9.59 Å². The minimum Gasteiger partial charge on any atom is -0.493 e. The van der Waals surface area contributed by atoms with E-state index in [1.165, 1.54) is 6.21 Å². The van der Waals surface area contributed by atoms with E-state index in [1.807, 2.05) is 19.1 Å². The van der Waals surface area contributed by atoms with E-state index in [4.69, 9.17) is 9.47 Å². The van der Waals surface area contributed by atoms with Crippen molar-refractivity contribution in [3.8, 4) is 11.5 Å². The number of imide groups is 1. The van der Waals surface area contributed by atoms with Gasteiger partial charge < -0.3 is 9.47 Å². The predicted octanol–water partition coefficient (Wildman–Crippen LogP) is 4.64. The molecule has 0 N–H and O–H groups in total. The Hall–Kier alpha value is -3.19. The van der Waals surface area contributed by atoms with Crippen molar-refractivity contribution in [3.05, 3.63) is 69.7 Å². The molecule has 1 aliphatic rings. The minimum absolute atomic E-state index is 0.451. The first-order chi connectivity index (χ1) is 14.0. The number of hydrogen-bond donors (Lipinski definition) is 0. The summed E-state index contributed by atoms with van der Waals surface area (Å²) in [6.07, 6.45) is 1.45. The molecule has 0 unspecified atom stereocenters. The van der Waals surface area contributed by atoms with Gasteiger partial charge in [0.15, 0.2) is 11.5 Å². The monoisotopic (exact) mass is 452 g/mol. The van der Waals surface area contributed by atoms with Crippen LogP contribution in [0.3, 0.4) is 0 Å².